The number of thiophene rings is 1. The molecule has 0 fully saturated rings. The molecule has 3 aromatic rings. The summed E-state index contributed by atoms with van der Waals surface area (Å²) >= 11 is 2.76. The first kappa shape index (κ1) is 23.7. The van der Waals surface area contributed by atoms with E-state index in [1.54, 1.807) is 43.7 Å². The summed E-state index contributed by atoms with van der Waals surface area (Å²) in [5.41, 5.74) is 1.49. The van der Waals surface area contributed by atoms with E-state index >= 15 is 0 Å². The van der Waals surface area contributed by atoms with Gasteiger partial charge in [-0.2, -0.15) is 0 Å². The van der Waals surface area contributed by atoms with Crippen molar-refractivity contribution in [3.8, 4) is 11.5 Å². The topological polar surface area (TPSA) is 79.1 Å². The molecule has 7 nitrogen and oxygen atoms in total. The molecule has 34 heavy (non-hydrogen) atoms. The Balaban J connectivity index is 1.85. The summed E-state index contributed by atoms with van der Waals surface area (Å²) in [4.78, 5) is 32.4. The molecule has 0 saturated heterocycles. The minimum absolute atomic E-state index is 0.220. The Labute approximate surface area is 204 Å². The normalized spacial score (nSPS) is 15.5. The van der Waals surface area contributed by atoms with Crippen molar-refractivity contribution < 1.29 is 19.0 Å². The van der Waals surface area contributed by atoms with Crippen molar-refractivity contribution in [2.45, 2.75) is 19.9 Å². The second-order valence-electron chi connectivity index (χ2n) is 7.33. The first-order valence-electron chi connectivity index (χ1n) is 10.6. The number of carbonyl (C=O) groups excluding carboxylic acids is 1. The molecule has 0 bridgehead atoms. The first-order chi connectivity index (χ1) is 16.5. The molecule has 3 heterocycles. The minimum atomic E-state index is -0.582. The van der Waals surface area contributed by atoms with Gasteiger partial charge in [-0.15, -0.1) is 11.3 Å². The van der Waals surface area contributed by atoms with Crippen molar-refractivity contribution in [2.75, 3.05) is 20.3 Å². The van der Waals surface area contributed by atoms with Crippen molar-refractivity contribution in [1.82, 2.24) is 4.57 Å². The Morgan fingerprint density at radius 2 is 2.12 bits per heavy atom. The summed E-state index contributed by atoms with van der Waals surface area (Å²) in [7, 11) is 1.56. The number of hydrogen-bond acceptors (Lipinski definition) is 8. The number of ether oxygens (including phenoxy) is 3. The molecule has 2 aromatic heterocycles. The third-order valence-electron chi connectivity index (χ3n) is 5.17. The van der Waals surface area contributed by atoms with Crippen molar-refractivity contribution in [2.24, 2.45) is 4.99 Å². The van der Waals surface area contributed by atoms with E-state index in [2.05, 4.69) is 11.6 Å². The summed E-state index contributed by atoms with van der Waals surface area (Å²) in [6.45, 7) is 7.79. The zero-order valence-electron chi connectivity index (χ0n) is 19.1. The summed E-state index contributed by atoms with van der Waals surface area (Å²) in [6.07, 6.45) is 3.45. The van der Waals surface area contributed by atoms with Crippen LogP contribution in [0.15, 0.2) is 69.4 Å². The van der Waals surface area contributed by atoms with Crippen LogP contribution in [0, 0.1) is 0 Å². The zero-order chi connectivity index (χ0) is 24.2. The number of fused-ring (bicyclic) bond motifs is 1. The van der Waals surface area contributed by atoms with Gasteiger partial charge in [-0.05, 0) is 49.1 Å². The van der Waals surface area contributed by atoms with Crippen LogP contribution >= 0.6 is 22.7 Å². The number of nitrogens with zero attached hydrogens (tertiary/aromatic N) is 2. The fourth-order valence-electron chi connectivity index (χ4n) is 3.70. The maximum absolute atomic E-state index is 13.6. The fourth-order valence-corrected chi connectivity index (χ4v) is 5.57. The van der Waals surface area contributed by atoms with E-state index < -0.39 is 12.0 Å². The Hall–Kier alpha value is -3.43. The van der Waals surface area contributed by atoms with E-state index in [1.165, 1.54) is 22.7 Å². The molecule has 176 valence electrons. The number of hydrogen-bond donors (Lipinski definition) is 0. The number of thiazole rings is 1. The number of carbonyl (C=O) groups is 1. The first-order valence-corrected chi connectivity index (χ1v) is 12.3. The predicted octanol–water partition coefficient (Wildman–Crippen LogP) is 3.43. The molecular formula is C25H24N2O5S2. The Bertz CT molecular complexity index is 1430. The van der Waals surface area contributed by atoms with Gasteiger partial charge < -0.3 is 14.2 Å². The summed E-state index contributed by atoms with van der Waals surface area (Å²) in [5, 5.41) is 1.92. The third kappa shape index (κ3) is 4.49. The molecule has 1 aliphatic rings. The van der Waals surface area contributed by atoms with E-state index in [1.807, 2.05) is 29.6 Å². The third-order valence-corrected chi connectivity index (χ3v) is 7.08. The molecule has 0 saturated carbocycles. The van der Waals surface area contributed by atoms with Gasteiger partial charge in [-0.3, -0.25) is 9.36 Å². The number of esters is 1. The number of allylic oxidation sites excluding steroid dienone is 1. The highest BCUT2D eigenvalue weighted by atomic mass is 32.1. The number of benzene rings is 1. The van der Waals surface area contributed by atoms with E-state index in [9.17, 15) is 9.59 Å². The van der Waals surface area contributed by atoms with Crippen molar-refractivity contribution in [3.05, 3.63) is 89.8 Å². The van der Waals surface area contributed by atoms with Crippen LogP contribution in [0.1, 0.15) is 30.3 Å². The highest BCUT2D eigenvalue weighted by Crippen LogP contribution is 2.33. The maximum Gasteiger partial charge on any atom is 0.338 e. The molecule has 0 spiro atoms. The summed E-state index contributed by atoms with van der Waals surface area (Å²) < 4.78 is 18.4. The molecule has 9 heteroatoms. The second kappa shape index (κ2) is 10.2. The quantitative estimate of drug-likeness (QED) is 0.353. The van der Waals surface area contributed by atoms with Crippen molar-refractivity contribution >= 4 is 34.7 Å². The minimum Gasteiger partial charge on any atom is -0.493 e. The van der Waals surface area contributed by atoms with E-state index in [-0.39, 0.29) is 12.2 Å². The van der Waals surface area contributed by atoms with Gasteiger partial charge in [0.15, 0.2) is 16.3 Å². The highest BCUT2D eigenvalue weighted by molar-refractivity contribution is 7.10. The largest absolute Gasteiger partial charge is 0.493 e. The smallest absolute Gasteiger partial charge is 0.338 e. The van der Waals surface area contributed by atoms with Crippen LogP contribution in [0.4, 0.5) is 0 Å². The van der Waals surface area contributed by atoms with Gasteiger partial charge in [0.1, 0.15) is 12.6 Å². The van der Waals surface area contributed by atoms with E-state index in [0.29, 0.717) is 38.7 Å². The molecule has 0 N–H and O–H groups in total. The molecular weight excluding hydrogens is 472 g/mol. The highest BCUT2D eigenvalue weighted by Gasteiger charge is 2.33. The van der Waals surface area contributed by atoms with Gasteiger partial charge in [0.25, 0.3) is 5.56 Å². The van der Waals surface area contributed by atoms with Crippen LogP contribution in [0.5, 0.6) is 11.5 Å². The van der Waals surface area contributed by atoms with Crippen LogP contribution in [0.2, 0.25) is 0 Å². The molecule has 1 aromatic carbocycles. The van der Waals surface area contributed by atoms with Crippen LogP contribution in [0.25, 0.3) is 6.08 Å². The fraction of sp³-hybridized carbons (Fsp3) is 0.240. The van der Waals surface area contributed by atoms with Gasteiger partial charge >= 0.3 is 5.97 Å². The number of methoxy groups -OCH3 is 1. The van der Waals surface area contributed by atoms with Gasteiger partial charge in [0.2, 0.25) is 0 Å². The van der Waals surface area contributed by atoms with Gasteiger partial charge in [0.05, 0.1) is 29.5 Å². The Kier molecular flexibility index (Phi) is 7.14. The summed E-state index contributed by atoms with van der Waals surface area (Å²) in [5.74, 6) is 0.685. The second-order valence-corrected chi connectivity index (χ2v) is 9.32. The number of aromatic nitrogens is 1. The molecule has 1 aliphatic heterocycles. The molecule has 1 unspecified atom stereocenters. The molecule has 0 amide bonds. The van der Waals surface area contributed by atoms with Crippen LogP contribution < -0.4 is 24.4 Å². The van der Waals surface area contributed by atoms with Crippen LogP contribution in [-0.4, -0.2) is 30.9 Å². The van der Waals surface area contributed by atoms with E-state index in [0.717, 1.165) is 10.4 Å². The van der Waals surface area contributed by atoms with Crippen LogP contribution in [0.3, 0.4) is 0 Å². The van der Waals surface area contributed by atoms with Gasteiger partial charge in [0, 0.05) is 4.88 Å². The Morgan fingerprint density at radius 3 is 2.79 bits per heavy atom. The van der Waals surface area contributed by atoms with Crippen LogP contribution in [-0.2, 0) is 9.53 Å². The SMILES string of the molecule is C=CCOc1ccc(C=c2sc3n(c2=O)C(c2cccs2)C(C(=O)OCC)=C(C)N=3)cc1OC. The lowest BCUT2D eigenvalue weighted by Crippen LogP contribution is -2.39. The summed E-state index contributed by atoms with van der Waals surface area (Å²) in [6, 6.07) is 8.69. The van der Waals surface area contributed by atoms with Crippen molar-refractivity contribution in [3.63, 3.8) is 0 Å². The average Bonchev–Trinajstić information content (AvgIpc) is 3.46. The molecule has 1 atom stereocenters. The average molecular weight is 497 g/mol. The molecule has 0 radical (unpaired) electrons. The van der Waals surface area contributed by atoms with Crippen molar-refractivity contribution in [1.29, 1.82) is 0 Å². The predicted molar refractivity (Wildman–Crippen MR) is 133 cm³/mol. The standard InChI is InChI=1S/C25H24N2O5S2/c1-5-11-32-17-10-9-16(13-18(17)30-4)14-20-23(28)27-22(19-8-7-12-33-19)21(24(29)31-6-2)15(3)26-25(27)34-20/h5,7-10,12-14,22H,1,6,11H2,2-4H3. The Morgan fingerprint density at radius 1 is 1.29 bits per heavy atom. The van der Waals surface area contributed by atoms with Gasteiger partial charge in [-0.1, -0.05) is 36.1 Å². The maximum atomic E-state index is 13.6. The molecule has 0 aliphatic carbocycles. The number of rotatable bonds is 8. The van der Waals surface area contributed by atoms with Gasteiger partial charge in [-0.25, -0.2) is 9.79 Å². The molecule has 4 rings (SSSR count). The van der Waals surface area contributed by atoms with E-state index in [4.69, 9.17) is 14.2 Å². The lowest BCUT2D eigenvalue weighted by atomic mass is 10.0. The monoisotopic (exact) mass is 496 g/mol. The lowest BCUT2D eigenvalue weighted by Gasteiger charge is -2.23. The zero-order valence-corrected chi connectivity index (χ0v) is 20.7. The lowest BCUT2D eigenvalue weighted by molar-refractivity contribution is -0.139.